The normalized spacial score (nSPS) is 13.5. The molecular formula is C22H27NO4. The Balaban J connectivity index is 2.29. The molecule has 2 aromatic rings. The van der Waals surface area contributed by atoms with Crippen molar-refractivity contribution in [1.82, 2.24) is 5.32 Å². The lowest BCUT2D eigenvalue weighted by Crippen LogP contribution is -2.50. The van der Waals surface area contributed by atoms with Gasteiger partial charge in [-0.15, -0.1) is 0 Å². The van der Waals surface area contributed by atoms with Crippen LogP contribution in [0.15, 0.2) is 54.6 Å². The number of carbonyl (C=O) groups excluding carboxylic acids is 1. The summed E-state index contributed by atoms with van der Waals surface area (Å²) >= 11 is 0. The Morgan fingerprint density at radius 3 is 2.19 bits per heavy atom. The topological polar surface area (TPSA) is 75.6 Å². The minimum Gasteiger partial charge on any atom is -0.496 e. The molecule has 2 aromatic carbocycles. The smallest absolute Gasteiger partial charge is 0.315 e. The van der Waals surface area contributed by atoms with Crippen LogP contribution in [0.1, 0.15) is 38.3 Å². The van der Waals surface area contributed by atoms with Crippen molar-refractivity contribution in [2.45, 2.75) is 38.0 Å². The number of aliphatic carboxylic acids is 1. The molecule has 2 N–H and O–H groups in total. The van der Waals surface area contributed by atoms with Crippen LogP contribution in [-0.4, -0.2) is 30.6 Å². The standard InChI is InChI=1S/C22H27NO4/c1-5-22(20(25)26,16-11-7-6-8-12-16)15-23-19(24)21(2,3)17-13-9-10-14-18(17)27-4/h6-14H,5,15H2,1-4H3,(H,23,24)(H,25,26). The van der Waals surface area contributed by atoms with Gasteiger partial charge in [0.2, 0.25) is 5.91 Å². The molecule has 0 fully saturated rings. The molecule has 0 aliphatic carbocycles. The lowest BCUT2D eigenvalue weighted by Gasteiger charge is -2.32. The Morgan fingerprint density at radius 2 is 1.63 bits per heavy atom. The van der Waals surface area contributed by atoms with E-state index in [-0.39, 0.29) is 12.5 Å². The highest BCUT2D eigenvalue weighted by Crippen LogP contribution is 2.33. The molecule has 0 radical (unpaired) electrons. The molecule has 0 saturated heterocycles. The molecule has 2 rings (SSSR count). The van der Waals surface area contributed by atoms with Crippen molar-refractivity contribution in [3.8, 4) is 5.75 Å². The third-order valence-corrected chi connectivity index (χ3v) is 5.24. The Hall–Kier alpha value is -2.82. The van der Waals surface area contributed by atoms with Gasteiger partial charge in [-0.05, 0) is 31.9 Å². The fraction of sp³-hybridized carbons (Fsp3) is 0.364. The van der Waals surface area contributed by atoms with Gasteiger partial charge in [-0.3, -0.25) is 9.59 Å². The first kappa shape index (κ1) is 20.5. The quantitative estimate of drug-likeness (QED) is 0.746. The molecule has 144 valence electrons. The van der Waals surface area contributed by atoms with Gasteiger partial charge >= 0.3 is 5.97 Å². The maximum Gasteiger partial charge on any atom is 0.315 e. The summed E-state index contributed by atoms with van der Waals surface area (Å²) in [6, 6.07) is 16.4. The SMILES string of the molecule is CCC(CNC(=O)C(C)(C)c1ccccc1OC)(C(=O)O)c1ccccc1. The fourth-order valence-electron chi connectivity index (χ4n) is 3.27. The van der Waals surface area contributed by atoms with Gasteiger partial charge in [0.15, 0.2) is 0 Å². The first-order valence-corrected chi connectivity index (χ1v) is 9.00. The zero-order valence-corrected chi connectivity index (χ0v) is 16.3. The van der Waals surface area contributed by atoms with E-state index in [0.29, 0.717) is 17.7 Å². The van der Waals surface area contributed by atoms with E-state index in [1.54, 1.807) is 33.1 Å². The Bertz CT molecular complexity index is 801. The Labute approximate surface area is 160 Å². The summed E-state index contributed by atoms with van der Waals surface area (Å²) in [4.78, 5) is 25.1. The highest BCUT2D eigenvalue weighted by molar-refractivity contribution is 5.89. The number of carboxylic acids is 1. The van der Waals surface area contributed by atoms with E-state index in [2.05, 4.69) is 5.32 Å². The highest BCUT2D eigenvalue weighted by atomic mass is 16.5. The van der Waals surface area contributed by atoms with Crippen molar-refractivity contribution in [2.24, 2.45) is 0 Å². The van der Waals surface area contributed by atoms with Crippen LogP contribution in [0, 0.1) is 0 Å². The lowest BCUT2D eigenvalue weighted by atomic mass is 9.77. The number of para-hydroxylation sites is 1. The monoisotopic (exact) mass is 369 g/mol. The minimum atomic E-state index is -1.17. The van der Waals surface area contributed by atoms with Crippen LogP contribution in [0.25, 0.3) is 0 Å². The van der Waals surface area contributed by atoms with E-state index in [1.807, 2.05) is 49.4 Å². The van der Waals surface area contributed by atoms with Crippen molar-refractivity contribution in [3.05, 3.63) is 65.7 Å². The van der Waals surface area contributed by atoms with Crippen molar-refractivity contribution < 1.29 is 19.4 Å². The molecule has 0 saturated carbocycles. The highest BCUT2D eigenvalue weighted by Gasteiger charge is 2.41. The number of amides is 1. The van der Waals surface area contributed by atoms with Crippen LogP contribution >= 0.6 is 0 Å². The van der Waals surface area contributed by atoms with Gasteiger partial charge in [-0.1, -0.05) is 55.5 Å². The van der Waals surface area contributed by atoms with E-state index in [9.17, 15) is 14.7 Å². The average Bonchev–Trinajstić information content (AvgIpc) is 2.69. The molecule has 0 aliphatic rings. The van der Waals surface area contributed by atoms with E-state index < -0.39 is 16.8 Å². The minimum absolute atomic E-state index is 0.0141. The first-order valence-electron chi connectivity index (χ1n) is 9.00. The number of rotatable bonds is 8. The molecule has 0 spiro atoms. The number of ether oxygens (including phenoxy) is 1. The molecule has 1 atom stereocenters. The molecule has 1 amide bonds. The summed E-state index contributed by atoms with van der Waals surface area (Å²) < 4.78 is 5.38. The van der Waals surface area contributed by atoms with E-state index in [0.717, 1.165) is 5.56 Å². The third kappa shape index (κ3) is 3.97. The number of benzene rings is 2. The summed E-state index contributed by atoms with van der Waals surface area (Å²) in [6.07, 6.45) is 0.363. The van der Waals surface area contributed by atoms with E-state index >= 15 is 0 Å². The molecule has 0 bridgehead atoms. The van der Waals surface area contributed by atoms with Gasteiger partial charge in [-0.25, -0.2) is 0 Å². The van der Waals surface area contributed by atoms with Crippen LogP contribution < -0.4 is 10.1 Å². The second kappa shape index (κ2) is 8.25. The number of carboxylic acid groups (broad SMARTS) is 1. The molecule has 1 unspecified atom stereocenters. The molecule has 5 nitrogen and oxygen atoms in total. The van der Waals surface area contributed by atoms with Gasteiger partial charge in [0, 0.05) is 12.1 Å². The maximum atomic E-state index is 13.0. The van der Waals surface area contributed by atoms with E-state index in [4.69, 9.17) is 4.74 Å². The molecule has 0 aromatic heterocycles. The molecule has 0 aliphatic heterocycles. The first-order chi connectivity index (χ1) is 12.8. The zero-order valence-electron chi connectivity index (χ0n) is 16.3. The number of hydrogen-bond acceptors (Lipinski definition) is 3. The van der Waals surface area contributed by atoms with Gasteiger partial charge < -0.3 is 15.2 Å². The molecule has 0 heterocycles. The zero-order chi connectivity index (χ0) is 20.1. The van der Waals surface area contributed by atoms with Crippen LogP contribution in [-0.2, 0) is 20.4 Å². The molecule has 27 heavy (non-hydrogen) atoms. The number of nitrogens with one attached hydrogen (secondary N) is 1. The summed E-state index contributed by atoms with van der Waals surface area (Å²) in [7, 11) is 1.56. The van der Waals surface area contributed by atoms with Crippen molar-refractivity contribution in [2.75, 3.05) is 13.7 Å². The van der Waals surface area contributed by atoms with Crippen molar-refractivity contribution in [1.29, 1.82) is 0 Å². The summed E-state index contributed by atoms with van der Waals surface area (Å²) in [5.74, 6) is -0.575. The van der Waals surface area contributed by atoms with Crippen LogP contribution in [0.4, 0.5) is 0 Å². The van der Waals surface area contributed by atoms with Crippen LogP contribution in [0.2, 0.25) is 0 Å². The van der Waals surface area contributed by atoms with Gasteiger partial charge in [0.25, 0.3) is 0 Å². The van der Waals surface area contributed by atoms with E-state index in [1.165, 1.54) is 0 Å². The Morgan fingerprint density at radius 1 is 1.04 bits per heavy atom. The predicted octanol–water partition coefficient (Wildman–Crippen LogP) is 3.52. The average molecular weight is 369 g/mol. The summed E-state index contributed by atoms with van der Waals surface area (Å²) in [5.41, 5.74) is -0.618. The van der Waals surface area contributed by atoms with Crippen LogP contribution in [0.5, 0.6) is 5.75 Å². The second-order valence-corrected chi connectivity index (χ2v) is 7.11. The lowest BCUT2D eigenvalue weighted by molar-refractivity contribution is -0.144. The number of methoxy groups -OCH3 is 1. The largest absolute Gasteiger partial charge is 0.496 e. The van der Waals surface area contributed by atoms with Gasteiger partial charge in [-0.2, -0.15) is 0 Å². The second-order valence-electron chi connectivity index (χ2n) is 7.11. The van der Waals surface area contributed by atoms with Gasteiger partial charge in [0.1, 0.15) is 11.2 Å². The number of carbonyl (C=O) groups is 2. The maximum absolute atomic E-state index is 13.0. The van der Waals surface area contributed by atoms with Crippen molar-refractivity contribution >= 4 is 11.9 Å². The fourth-order valence-corrected chi connectivity index (χ4v) is 3.27. The molecule has 5 heteroatoms. The third-order valence-electron chi connectivity index (χ3n) is 5.24. The Kier molecular flexibility index (Phi) is 6.26. The summed E-state index contributed by atoms with van der Waals surface area (Å²) in [5, 5.41) is 12.8. The van der Waals surface area contributed by atoms with Gasteiger partial charge in [0.05, 0.1) is 12.5 Å². The van der Waals surface area contributed by atoms with Crippen LogP contribution in [0.3, 0.4) is 0 Å². The van der Waals surface area contributed by atoms with Crippen molar-refractivity contribution in [3.63, 3.8) is 0 Å². The number of hydrogen-bond donors (Lipinski definition) is 2. The predicted molar refractivity (Wildman–Crippen MR) is 105 cm³/mol. The molecular weight excluding hydrogens is 342 g/mol. The summed E-state index contributed by atoms with van der Waals surface area (Å²) in [6.45, 7) is 5.44.